The molecule has 2 aromatic heterocycles. The number of amides is 1. The molecule has 27 heavy (non-hydrogen) atoms. The van der Waals surface area contributed by atoms with Crippen LogP contribution in [0.4, 0.5) is 4.79 Å². The summed E-state index contributed by atoms with van der Waals surface area (Å²) in [5, 5.41) is 1.19. The number of carbonyl (C=O) groups excluding carboxylic acids is 1. The van der Waals surface area contributed by atoms with Crippen molar-refractivity contribution in [3.05, 3.63) is 29.4 Å². The number of nitrogens with one attached hydrogen (secondary N) is 1. The minimum Gasteiger partial charge on any atom is -0.444 e. The lowest BCUT2D eigenvalue weighted by Gasteiger charge is -2.29. The molecular formula is C21H28N4O2. The van der Waals surface area contributed by atoms with Crippen LogP contribution in [-0.4, -0.2) is 44.6 Å². The van der Waals surface area contributed by atoms with Crippen LogP contribution in [0, 0.1) is 0 Å². The number of rotatable bonds is 1. The molecule has 0 radical (unpaired) electrons. The van der Waals surface area contributed by atoms with Crippen LogP contribution in [0.25, 0.3) is 16.6 Å². The summed E-state index contributed by atoms with van der Waals surface area (Å²) in [7, 11) is 0. The van der Waals surface area contributed by atoms with Crippen molar-refractivity contribution in [2.45, 2.75) is 64.9 Å². The number of aromatic amines is 1. The molecule has 1 N–H and O–H groups in total. The molecule has 0 saturated heterocycles. The van der Waals surface area contributed by atoms with Gasteiger partial charge in [-0.3, -0.25) is 0 Å². The first kappa shape index (κ1) is 18.0. The lowest BCUT2D eigenvalue weighted by Crippen LogP contribution is -2.39. The summed E-state index contributed by atoms with van der Waals surface area (Å²) in [5.74, 6) is 0. The largest absolute Gasteiger partial charge is 0.444 e. The van der Waals surface area contributed by atoms with Gasteiger partial charge in [0.1, 0.15) is 17.6 Å². The number of nitrogens with zero attached hydrogens (tertiary/aromatic N) is 3. The SMILES string of the molecule is CC(C)(C)OC(=O)N1CC=C(c2ncnc3[nH]c4c(c23)CCCCC4)CC1. The number of ether oxygens (including phenoxy) is 1. The Labute approximate surface area is 160 Å². The van der Waals surface area contributed by atoms with Gasteiger partial charge in [0.2, 0.25) is 0 Å². The molecule has 0 bridgehead atoms. The lowest BCUT2D eigenvalue weighted by molar-refractivity contribution is 0.0270. The number of carbonyl (C=O) groups is 1. The van der Waals surface area contributed by atoms with Crippen molar-refractivity contribution < 1.29 is 9.53 Å². The van der Waals surface area contributed by atoms with Crippen molar-refractivity contribution in [2.75, 3.05) is 13.1 Å². The summed E-state index contributed by atoms with van der Waals surface area (Å²) >= 11 is 0. The van der Waals surface area contributed by atoms with E-state index >= 15 is 0 Å². The highest BCUT2D eigenvalue weighted by Gasteiger charge is 2.26. The van der Waals surface area contributed by atoms with E-state index in [4.69, 9.17) is 4.74 Å². The van der Waals surface area contributed by atoms with E-state index in [1.807, 2.05) is 20.8 Å². The van der Waals surface area contributed by atoms with Gasteiger partial charge in [0.25, 0.3) is 0 Å². The molecule has 6 heteroatoms. The van der Waals surface area contributed by atoms with Gasteiger partial charge in [0, 0.05) is 24.2 Å². The van der Waals surface area contributed by atoms with Crippen molar-refractivity contribution >= 4 is 22.7 Å². The Bertz CT molecular complexity index is 891. The second-order valence-electron chi connectivity index (χ2n) is 8.49. The number of aryl methyl sites for hydroxylation is 2. The van der Waals surface area contributed by atoms with Gasteiger partial charge < -0.3 is 14.6 Å². The first-order chi connectivity index (χ1) is 12.9. The Morgan fingerprint density at radius 1 is 1.15 bits per heavy atom. The van der Waals surface area contributed by atoms with Gasteiger partial charge in [-0.1, -0.05) is 12.5 Å². The molecule has 0 saturated carbocycles. The molecule has 1 aliphatic carbocycles. The highest BCUT2D eigenvalue weighted by atomic mass is 16.6. The van der Waals surface area contributed by atoms with Crippen LogP contribution in [0.5, 0.6) is 0 Å². The maximum Gasteiger partial charge on any atom is 0.410 e. The number of aromatic nitrogens is 3. The van der Waals surface area contributed by atoms with Crippen LogP contribution in [0.2, 0.25) is 0 Å². The number of H-pyrrole nitrogens is 1. The van der Waals surface area contributed by atoms with Crippen LogP contribution >= 0.6 is 0 Å². The first-order valence-corrected chi connectivity index (χ1v) is 9.94. The highest BCUT2D eigenvalue weighted by Crippen LogP contribution is 2.33. The molecule has 2 aromatic rings. The lowest BCUT2D eigenvalue weighted by atomic mass is 9.98. The van der Waals surface area contributed by atoms with Crippen LogP contribution in [0.1, 0.15) is 63.4 Å². The van der Waals surface area contributed by atoms with E-state index in [9.17, 15) is 4.79 Å². The van der Waals surface area contributed by atoms with Gasteiger partial charge in [-0.2, -0.15) is 0 Å². The maximum absolute atomic E-state index is 12.3. The molecule has 4 rings (SSSR count). The van der Waals surface area contributed by atoms with Gasteiger partial charge in [-0.05, 0) is 64.0 Å². The second kappa shape index (κ2) is 6.98. The monoisotopic (exact) mass is 368 g/mol. The van der Waals surface area contributed by atoms with Crippen molar-refractivity contribution in [1.29, 1.82) is 0 Å². The van der Waals surface area contributed by atoms with Gasteiger partial charge in [-0.15, -0.1) is 0 Å². The smallest absolute Gasteiger partial charge is 0.410 e. The Morgan fingerprint density at radius 2 is 1.96 bits per heavy atom. The number of hydrogen-bond donors (Lipinski definition) is 1. The van der Waals surface area contributed by atoms with Crippen molar-refractivity contribution in [1.82, 2.24) is 19.9 Å². The van der Waals surface area contributed by atoms with E-state index in [0.29, 0.717) is 13.1 Å². The summed E-state index contributed by atoms with van der Waals surface area (Å²) in [6.07, 6.45) is 10.2. The Morgan fingerprint density at radius 3 is 2.70 bits per heavy atom. The Hall–Kier alpha value is -2.37. The van der Waals surface area contributed by atoms with Crippen LogP contribution in [0.15, 0.2) is 12.4 Å². The maximum atomic E-state index is 12.3. The average molecular weight is 368 g/mol. The van der Waals surface area contributed by atoms with E-state index in [1.165, 1.54) is 41.5 Å². The van der Waals surface area contributed by atoms with E-state index in [1.54, 1.807) is 11.2 Å². The zero-order valence-corrected chi connectivity index (χ0v) is 16.5. The molecule has 0 aromatic carbocycles. The zero-order valence-electron chi connectivity index (χ0n) is 16.5. The van der Waals surface area contributed by atoms with Gasteiger partial charge in [0.05, 0.1) is 5.69 Å². The third-order valence-corrected chi connectivity index (χ3v) is 5.30. The highest BCUT2D eigenvalue weighted by molar-refractivity contribution is 5.92. The minimum absolute atomic E-state index is 0.249. The van der Waals surface area contributed by atoms with Crippen molar-refractivity contribution in [3.8, 4) is 0 Å². The van der Waals surface area contributed by atoms with Gasteiger partial charge in [0.15, 0.2) is 0 Å². The second-order valence-corrected chi connectivity index (χ2v) is 8.49. The average Bonchev–Trinajstić information content (AvgIpc) is 2.82. The fourth-order valence-electron chi connectivity index (χ4n) is 4.03. The van der Waals surface area contributed by atoms with Crippen LogP contribution in [0.3, 0.4) is 0 Å². The number of hydrogen-bond acceptors (Lipinski definition) is 4. The topological polar surface area (TPSA) is 71.1 Å². The van der Waals surface area contributed by atoms with E-state index < -0.39 is 5.60 Å². The standard InChI is InChI=1S/C21H28N4O2/c1-21(2,3)27-20(26)25-11-9-14(10-12-25)18-17-15-7-5-4-6-8-16(15)24-19(17)23-13-22-18/h9,13H,4-8,10-12H2,1-3H3,(H,22,23,24). The summed E-state index contributed by atoms with van der Waals surface area (Å²) in [6.45, 7) is 6.89. The fourth-order valence-corrected chi connectivity index (χ4v) is 4.03. The van der Waals surface area contributed by atoms with E-state index in [2.05, 4.69) is 21.0 Å². The van der Waals surface area contributed by atoms with Crippen molar-refractivity contribution in [3.63, 3.8) is 0 Å². The summed E-state index contributed by atoms with van der Waals surface area (Å²) in [6, 6.07) is 0. The molecule has 1 amide bonds. The molecule has 144 valence electrons. The normalized spacial score (nSPS) is 18.0. The zero-order chi connectivity index (χ0) is 19.0. The third kappa shape index (κ3) is 3.70. The van der Waals surface area contributed by atoms with E-state index in [0.717, 1.165) is 30.6 Å². The summed E-state index contributed by atoms with van der Waals surface area (Å²) in [4.78, 5) is 26.7. The van der Waals surface area contributed by atoms with Gasteiger partial charge >= 0.3 is 6.09 Å². The molecule has 1 aliphatic heterocycles. The molecule has 6 nitrogen and oxygen atoms in total. The summed E-state index contributed by atoms with van der Waals surface area (Å²) < 4.78 is 5.49. The third-order valence-electron chi connectivity index (χ3n) is 5.30. The van der Waals surface area contributed by atoms with Crippen LogP contribution < -0.4 is 0 Å². The number of fused-ring (bicyclic) bond motifs is 3. The molecule has 0 unspecified atom stereocenters. The Balaban J connectivity index is 1.62. The summed E-state index contributed by atoms with van der Waals surface area (Å²) in [5.41, 5.74) is 5.44. The minimum atomic E-state index is -0.470. The predicted octanol–water partition coefficient (Wildman–Crippen LogP) is 4.25. The quantitative estimate of drug-likeness (QED) is 0.764. The van der Waals surface area contributed by atoms with Gasteiger partial charge in [-0.25, -0.2) is 14.8 Å². The van der Waals surface area contributed by atoms with Crippen molar-refractivity contribution in [2.24, 2.45) is 0 Å². The Kier molecular flexibility index (Phi) is 4.66. The molecule has 0 spiro atoms. The fraction of sp³-hybridized carbons (Fsp3) is 0.571. The van der Waals surface area contributed by atoms with E-state index in [-0.39, 0.29) is 6.09 Å². The molecule has 0 atom stereocenters. The molecule has 0 fully saturated rings. The molecular weight excluding hydrogens is 340 g/mol. The first-order valence-electron chi connectivity index (χ1n) is 9.94. The van der Waals surface area contributed by atoms with Crippen LogP contribution in [-0.2, 0) is 17.6 Å². The molecule has 2 aliphatic rings. The molecule has 3 heterocycles. The predicted molar refractivity (Wildman–Crippen MR) is 106 cm³/mol.